The third kappa shape index (κ3) is 8.13. The fraction of sp³-hybridized carbons (Fsp3) is 0. The van der Waals surface area contributed by atoms with Crippen molar-refractivity contribution >= 4 is 34.1 Å². The molecule has 14 heteroatoms. The molecule has 6 aromatic heterocycles. The van der Waals surface area contributed by atoms with Crippen molar-refractivity contribution < 1.29 is 9.47 Å². The molecular weight excluding hydrogens is 945 g/mol. The average molecular weight is 983 g/mol. The van der Waals surface area contributed by atoms with Crippen molar-refractivity contribution in [2.45, 2.75) is 0 Å². The summed E-state index contributed by atoms with van der Waals surface area (Å²) >= 11 is 0. The summed E-state index contributed by atoms with van der Waals surface area (Å²) in [4.78, 5) is 53.2. The van der Waals surface area contributed by atoms with Gasteiger partial charge in [-0.1, -0.05) is 60.7 Å². The minimum atomic E-state index is 0.395. The van der Waals surface area contributed by atoms with E-state index in [4.69, 9.17) is 39.4 Å². The number of para-hydroxylation sites is 8. The molecule has 0 spiro atoms. The first kappa shape index (κ1) is 43.9. The van der Waals surface area contributed by atoms with E-state index in [9.17, 15) is 0 Å². The van der Waals surface area contributed by atoms with Gasteiger partial charge in [0.05, 0.1) is 22.7 Å². The zero-order chi connectivity index (χ0) is 50.4. The lowest BCUT2D eigenvalue weighted by Crippen LogP contribution is -2.18. The van der Waals surface area contributed by atoms with Crippen LogP contribution in [0.5, 0.6) is 23.0 Å². The van der Waals surface area contributed by atoms with E-state index >= 15 is 0 Å². The summed E-state index contributed by atoms with van der Waals surface area (Å²) in [7, 11) is 0. The van der Waals surface area contributed by atoms with Gasteiger partial charge in [0.15, 0.2) is 57.9 Å². The molecule has 0 amide bonds. The first-order valence-corrected chi connectivity index (χ1v) is 24.4. The highest BCUT2D eigenvalue weighted by molar-refractivity contribution is 5.94. The van der Waals surface area contributed by atoms with Gasteiger partial charge in [-0.15, -0.1) is 0 Å². The first-order valence-electron chi connectivity index (χ1n) is 24.4. The quantitative estimate of drug-likeness (QED) is 0.135. The standard InChI is InChI=1S/C62H38N12O2/c1-5-23-53-49(19-1)73(50-20-2-6-24-54(50)75-53)45-34-42(35-46(36-45)74-51-21-3-7-25-55(51)76-56-26-8-4-22-52(56)74)41-31-43(59-67-57(39-15-13-27-63-37-39)69-61(71-59)47-17-9-11-29-65-47)33-44(32-41)60-68-58(40-16-14-28-64-38-40)70-62(72-60)48-18-10-12-30-66-48/h1-38H. The fourth-order valence-electron chi connectivity index (χ4n) is 9.52. The Hall–Kier alpha value is -10.9. The van der Waals surface area contributed by atoms with Crippen molar-refractivity contribution in [2.24, 2.45) is 0 Å². The van der Waals surface area contributed by atoms with Gasteiger partial charge in [-0.05, 0) is 145 Å². The van der Waals surface area contributed by atoms with Gasteiger partial charge in [-0.3, -0.25) is 19.9 Å². The molecule has 14 nitrogen and oxygen atoms in total. The Bertz CT molecular complexity index is 3690. The van der Waals surface area contributed by atoms with Gasteiger partial charge in [0.2, 0.25) is 0 Å². The Labute approximate surface area is 435 Å². The summed E-state index contributed by atoms with van der Waals surface area (Å²) in [5.41, 5.74) is 10.9. The van der Waals surface area contributed by atoms with Crippen molar-refractivity contribution in [1.82, 2.24) is 49.8 Å². The van der Waals surface area contributed by atoms with Crippen molar-refractivity contribution in [2.75, 3.05) is 9.80 Å². The molecule has 8 heterocycles. The van der Waals surface area contributed by atoms with Crippen LogP contribution in [0.1, 0.15) is 0 Å². The Morgan fingerprint density at radius 1 is 0.276 bits per heavy atom. The minimum Gasteiger partial charge on any atom is -0.453 e. The molecule has 358 valence electrons. The molecule has 0 fully saturated rings. The summed E-state index contributed by atoms with van der Waals surface area (Å²) in [6.45, 7) is 0. The second-order valence-electron chi connectivity index (χ2n) is 17.8. The maximum atomic E-state index is 6.56. The minimum absolute atomic E-state index is 0.395. The van der Waals surface area contributed by atoms with Crippen LogP contribution in [0.15, 0.2) is 231 Å². The van der Waals surface area contributed by atoms with E-state index in [1.165, 1.54) is 0 Å². The van der Waals surface area contributed by atoms with Gasteiger partial charge in [0, 0.05) is 70.8 Å². The topological polar surface area (TPSA) is 154 Å². The highest BCUT2D eigenvalue weighted by Crippen LogP contribution is 2.55. The summed E-state index contributed by atoms with van der Waals surface area (Å²) in [6, 6.07) is 64.1. The van der Waals surface area contributed by atoms with Crippen LogP contribution in [0.25, 0.3) is 79.7 Å². The number of ether oxygens (including phenoxy) is 2. The van der Waals surface area contributed by atoms with E-state index in [0.29, 0.717) is 68.6 Å². The van der Waals surface area contributed by atoms with Gasteiger partial charge in [0.1, 0.15) is 11.4 Å². The van der Waals surface area contributed by atoms with Gasteiger partial charge >= 0.3 is 0 Å². The van der Waals surface area contributed by atoms with Crippen molar-refractivity contribution in [3.63, 3.8) is 0 Å². The number of hydrogen-bond donors (Lipinski definition) is 0. The van der Waals surface area contributed by atoms with Crippen molar-refractivity contribution in [3.8, 4) is 103 Å². The van der Waals surface area contributed by atoms with Crippen molar-refractivity contribution in [3.05, 3.63) is 231 Å². The molecule has 2 aliphatic heterocycles. The average Bonchev–Trinajstić information content (AvgIpc) is 3.50. The molecule has 0 aliphatic carbocycles. The molecule has 14 rings (SSSR count). The van der Waals surface area contributed by atoms with Crippen LogP contribution in [0, 0.1) is 0 Å². The van der Waals surface area contributed by atoms with Crippen LogP contribution in [0.4, 0.5) is 34.1 Å². The Morgan fingerprint density at radius 3 is 1.01 bits per heavy atom. The molecular formula is C62H38N12O2. The Morgan fingerprint density at radius 2 is 0.632 bits per heavy atom. The lowest BCUT2D eigenvalue weighted by Gasteiger charge is -2.36. The van der Waals surface area contributed by atoms with Crippen LogP contribution in [0.3, 0.4) is 0 Å². The zero-order valence-electron chi connectivity index (χ0n) is 40.1. The van der Waals surface area contributed by atoms with Gasteiger partial charge < -0.3 is 19.3 Å². The highest BCUT2D eigenvalue weighted by atomic mass is 16.5. The highest BCUT2D eigenvalue weighted by Gasteiger charge is 2.30. The van der Waals surface area contributed by atoms with E-state index in [1.54, 1.807) is 37.2 Å². The lowest BCUT2D eigenvalue weighted by molar-refractivity contribution is 0.477. The van der Waals surface area contributed by atoms with Gasteiger partial charge in [0.25, 0.3) is 0 Å². The molecule has 0 bridgehead atoms. The molecule has 12 aromatic rings. The number of aromatic nitrogens is 10. The van der Waals surface area contributed by atoms with Crippen LogP contribution >= 0.6 is 0 Å². The maximum Gasteiger partial charge on any atom is 0.182 e. The van der Waals surface area contributed by atoms with E-state index in [-0.39, 0.29) is 0 Å². The summed E-state index contributed by atoms with van der Waals surface area (Å²) < 4.78 is 13.1. The molecule has 2 aliphatic rings. The number of hydrogen-bond acceptors (Lipinski definition) is 14. The van der Waals surface area contributed by atoms with Crippen LogP contribution in [-0.2, 0) is 0 Å². The smallest absolute Gasteiger partial charge is 0.182 e. The summed E-state index contributed by atoms with van der Waals surface area (Å²) in [5.74, 6) is 5.35. The van der Waals surface area contributed by atoms with Gasteiger partial charge in [-0.2, -0.15) is 0 Å². The molecule has 0 saturated heterocycles. The van der Waals surface area contributed by atoms with E-state index in [1.807, 2.05) is 140 Å². The van der Waals surface area contributed by atoms with E-state index in [0.717, 1.165) is 68.2 Å². The molecule has 0 N–H and O–H groups in total. The van der Waals surface area contributed by atoms with Crippen LogP contribution < -0.4 is 19.3 Å². The predicted molar refractivity (Wildman–Crippen MR) is 292 cm³/mol. The predicted octanol–water partition coefficient (Wildman–Crippen LogP) is 14.5. The molecule has 0 atom stereocenters. The maximum absolute atomic E-state index is 6.56. The van der Waals surface area contributed by atoms with E-state index in [2.05, 4.69) is 84.3 Å². The number of rotatable bonds is 9. The number of anilines is 6. The Balaban J connectivity index is 1.06. The SMILES string of the molecule is c1ccc(-c2nc(-c3cccnc3)nc(-c3cc(-c4cc(N5c6ccccc6Oc6ccccc65)cc(N5c6ccccc6Oc6ccccc65)c4)cc(-c4nc(-c5cccnc5)nc(-c5ccccn5)n4)c3)n2)nc1. The number of pyridine rings is 4. The summed E-state index contributed by atoms with van der Waals surface area (Å²) in [6.07, 6.45) is 10.4. The Kier molecular flexibility index (Phi) is 10.8. The van der Waals surface area contributed by atoms with Crippen molar-refractivity contribution in [1.29, 1.82) is 0 Å². The monoisotopic (exact) mass is 982 g/mol. The number of fused-ring (bicyclic) bond motifs is 4. The zero-order valence-corrected chi connectivity index (χ0v) is 40.1. The molecule has 76 heavy (non-hydrogen) atoms. The molecule has 0 saturated carbocycles. The first-order chi connectivity index (χ1) is 37.6. The molecule has 6 aromatic carbocycles. The fourth-order valence-corrected chi connectivity index (χ4v) is 9.52. The molecule has 0 radical (unpaired) electrons. The van der Waals surface area contributed by atoms with Crippen LogP contribution in [-0.4, -0.2) is 49.8 Å². The van der Waals surface area contributed by atoms with Crippen LogP contribution in [0.2, 0.25) is 0 Å². The third-order valence-electron chi connectivity index (χ3n) is 13.0. The summed E-state index contributed by atoms with van der Waals surface area (Å²) in [5, 5.41) is 0. The number of benzene rings is 6. The molecule has 0 unspecified atom stereocenters. The lowest BCUT2D eigenvalue weighted by atomic mass is 9.96. The third-order valence-corrected chi connectivity index (χ3v) is 13.0. The largest absolute Gasteiger partial charge is 0.453 e. The second kappa shape index (κ2) is 18.6. The second-order valence-corrected chi connectivity index (χ2v) is 17.8. The van der Waals surface area contributed by atoms with Gasteiger partial charge in [-0.25, -0.2) is 29.9 Å². The number of nitrogens with zero attached hydrogens (tertiary/aromatic N) is 12. The van der Waals surface area contributed by atoms with E-state index < -0.39 is 0 Å². The normalized spacial score (nSPS) is 12.1.